The summed E-state index contributed by atoms with van der Waals surface area (Å²) in [6, 6.07) is 9.84. The average Bonchev–Trinajstić information content (AvgIpc) is 3.34. The zero-order chi connectivity index (χ0) is 21.5. The highest BCUT2D eigenvalue weighted by Crippen LogP contribution is 2.38. The molecule has 0 saturated carbocycles. The molecule has 0 fully saturated rings. The predicted molar refractivity (Wildman–Crippen MR) is 126 cm³/mol. The lowest BCUT2D eigenvalue weighted by atomic mass is 10.0. The van der Waals surface area contributed by atoms with Crippen molar-refractivity contribution in [2.75, 3.05) is 0 Å². The summed E-state index contributed by atoms with van der Waals surface area (Å²) in [4.78, 5) is 22.6. The Balaban J connectivity index is 0.00000245. The molecule has 0 bridgehead atoms. The van der Waals surface area contributed by atoms with E-state index in [2.05, 4.69) is 38.0 Å². The number of rotatable bonds is 4. The first kappa shape index (κ1) is 22.8. The molecule has 1 aliphatic carbocycles. The molecule has 164 valence electrons. The SMILES string of the molecule is Cl.O=C(Cc1c(F)cccc1F)c1nc2c(s1)-c1cc(-n3cnc(Br)c3)ccc1CCC2. The van der Waals surface area contributed by atoms with Gasteiger partial charge in [-0.05, 0) is 70.6 Å². The van der Waals surface area contributed by atoms with Crippen LogP contribution in [-0.2, 0) is 19.3 Å². The van der Waals surface area contributed by atoms with E-state index in [1.54, 1.807) is 6.33 Å². The molecule has 2 heterocycles. The van der Waals surface area contributed by atoms with Crippen LogP contribution in [0.4, 0.5) is 8.78 Å². The lowest BCUT2D eigenvalue weighted by Crippen LogP contribution is -2.07. The molecule has 0 unspecified atom stereocenters. The van der Waals surface area contributed by atoms with Gasteiger partial charge in [-0.15, -0.1) is 23.7 Å². The second kappa shape index (κ2) is 9.21. The van der Waals surface area contributed by atoms with E-state index in [-0.39, 0.29) is 35.2 Å². The van der Waals surface area contributed by atoms with Crippen LogP contribution in [0.1, 0.15) is 33.0 Å². The summed E-state index contributed by atoms with van der Waals surface area (Å²) in [5.74, 6) is -1.81. The van der Waals surface area contributed by atoms with E-state index in [0.29, 0.717) is 0 Å². The molecule has 9 heteroatoms. The number of carbonyl (C=O) groups is 1. The Morgan fingerprint density at radius 2 is 1.94 bits per heavy atom. The molecule has 0 amide bonds. The zero-order valence-electron chi connectivity index (χ0n) is 16.6. The van der Waals surface area contributed by atoms with Gasteiger partial charge >= 0.3 is 0 Å². The van der Waals surface area contributed by atoms with Gasteiger partial charge in [0.05, 0.1) is 10.6 Å². The largest absolute Gasteiger partial charge is 0.305 e. The Bertz CT molecular complexity index is 1300. The van der Waals surface area contributed by atoms with Gasteiger partial charge in [0, 0.05) is 23.9 Å². The molecule has 0 radical (unpaired) electrons. The van der Waals surface area contributed by atoms with E-state index in [1.165, 1.54) is 23.0 Å². The summed E-state index contributed by atoms with van der Waals surface area (Å²) in [5.41, 5.74) is 3.85. The van der Waals surface area contributed by atoms with Crippen LogP contribution in [0.5, 0.6) is 0 Å². The Labute approximate surface area is 201 Å². The number of imidazole rings is 1. The van der Waals surface area contributed by atoms with Gasteiger partial charge < -0.3 is 4.57 Å². The van der Waals surface area contributed by atoms with E-state index < -0.39 is 11.6 Å². The highest BCUT2D eigenvalue weighted by molar-refractivity contribution is 9.10. The number of hydrogen-bond acceptors (Lipinski definition) is 4. The fourth-order valence-corrected chi connectivity index (χ4v) is 5.24. The first-order chi connectivity index (χ1) is 15.0. The van der Waals surface area contributed by atoms with Crippen molar-refractivity contribution in [3.05, 3.63) is 87.0 Å². The van der Waals surface area contributed by atoms with Crippen LogP contribution in [-0.4, -0.2) is 20.3 Å². The molecule has 2 aromatic carbocycles. The fraction of sp³-hybridized carbons (Fsp3) is 0.174. The van der Waals surface area contributed by atoms with Crippen LogP contribution < -0.4 is 0 Å². The number of thiazole rings is 1. The maximum atomic E-state index is 14.0. The monoisotopic (exact) mass is 535 g/mol. The summed E-state index contributed by atoms with van der Waals surface area (Å²) < 4.78 is 30.6. The average molecular weight is 537 g/mol. The Hall–Kier alpha value is -2.42. The fourth-order valence-electron chi connectivity index (χ4n) is 3.83. The maximum absolute atomic E-state index is 14.0. The number of carbonyl (C=O) groups excluding carboxylic acids is 1. The summed E-state index contributed by atoms with van der Waals surface area (Å²) in [6.45, 7) is 0. The van der Waals surface area contributed by atoms with E-state index in [0.717, 1.165) is 57.8 Å². The van der Waals surface area contributed by atoms with Crippen molar-refractivity contribution in [1.29, 1.82) is 0 Å². The van der Waals surface area contributed by atoms with Crippen molar-refractivity contribution in [3.8, 4) is 16.1 Å². The van der Waals surface area contributed by atoms with Crippen LogP contribution >= 0.6 is 39.7 Å². The van der Waals surface area contributed by atoms with Gasteiger partial charge in [-0.1, -0.05) is 12.1 Å². The summed E-state index contributed by atoms with van der Waals surface area (Å²) in [5, 5.41) is 0.288. The number of Topliss-reactive ketones (excluding diaryl/α,β-unsaturated/α-hetero) is 1. The smallest absolute Gasteiger partial charge is 0.195 e. The molecule has 0 atom stereocenters. The van der Waals surface area contributed by atoms with Gasteiger partial charge in [-0.2, -0.15) is 0 Å². The van der Waals surface area contributed by atoms with Crippen LogP contribution in [0, 0.1) is 11.6 Å². The van der Waals surface area contributed by atoms with E-state index in [1.807, 2.05) is 16.8 Å². The molecule has 4 aromatic rings. The minimum atomic E-state index is -0.715. The topological polar surface area (TPSA) is 47.8 Å². The highest BCUT2D eigenvalue weighted by Gasteiger charge is 2.24. The van der Waals surface area contributed by atoms with Crippen molar-refractivity contribution in [1.82, 2.24) is 14.5 Å². The number of nitrogens with zero attached hydrogens (tertiary/aromatic N) is 3. The van der Waals surface area contributed by atoms with Crippen LogP contribution in [0.15, 0.2) is 53.5 Å². The Kier molecular flexibility index (Phi) is 6.55. The minimum Gasteiger partial charge on any atom is -0.305 e. The van der Waals surface area contributed by atoms with Crippen LogP contribution in [0.25, 0.3) is 16.1 Å². The quantitative estimate of drug-likeness (QED) is 0.285. The number of fused-ring (bicyclic) bond motifs is 3. The lowest BCUT2D eigenvalue weighted by molar-refractivity contribution is 0.0990. The minimum absolute atomic E-state index is 0. The number of ketones is 1. The standard InChI is InChI=1S/C23H16BrF2N3OS.ClH/c24-21-11-29(12-27-21)14-8-7-13-3-1-6-19-22(15(13)9-14)31-23(28-19)20(30)10-16-17(25)4-2-5-18(16)26;/h2,4-5,7-9,11-12H,1,3,6,10H2;1H. The number of aromatic nitrogens is 3. The molecule has 2 aromatic heterocycles. The molecule has 5 rings (SSSR count). The van der Waals surface area contributed by atoms with Gasteiger partial charge in [-0.3, -0.25) is 4.79 Å². The molecular weight excluding hydrogens is 520 g/mol. The van der Waals surface area contributed by atoms with Crippen molar-refractivity contribution < 1.29 is 13.6 Å². The van der Waals surface area contributed by atoms with Gasteiger partial charge in [0.1, 0.15) is 22.6 Å². The molecule has 0 aliphatic heterocycles. The maximum Gasteiger partial charge on any atom is 0.195 e. The van der Waals surface area contributed by atoms with Gasteiger partial charge in [0.25, 0.3) is 0 Å². The number of halogens is 4. The number of aryl methyl sites for hydroxylation is 2. The zero-order valence-corrected chi connectivity index (χ0v) is 19.9. The van der Waals surface area contributed by atoms with Crippen molar-refractivity contribution >= 4 is 45.5 Å². The number of hydrogen-bond donors (Lipinski definition) is 0. The normalized spacial score (nSPS) is 12.5. The van der Waals surface area contributed by atoms with Crippen LogP contribution in [0.2, 0.25) is 0 Å². The third-order valence-electron chi connectivity index (χ3n) is 5.38. The molecule has 4 nitrogen and oxygen atoms in total. The van der Waals surface area contributed by atoms with Crippen molar-refractivity contribution in [2.45, 2.75) is 25.7 Å². The second-order valence-corrected chi connectivity index (χ2v) is 9.21. The third-order valence-corrected chi connectivity index (χ3v) is 6.96. The second-order valence-electron chi connectivity index (χ2n) is 7.39. The molecule has 0 saturated heterocycles. The third kappa shape index (κ3) is 4.27. The van der Waals surface area contributed by atoms with E-state index in [9.17, 15) is 13.6 Å². The van der Waals surface area contributed by atoms with Crippen molar-refractivity contribution in [2.24, 2.45) is 0 Å². The first-order valence-electron chi connectivity index (χ1n) is 9.78. The lowest BCUT2D eigenvalue weighted by Gasteiger charge is -2.09. The van der Waals surface area contributed by atoms with E-state index in [4.69, 9.17) is 0 Å². The molecular formula is C23H17BrClF2N3OS. The Morgan fingerprint density at radius 3 is 2.66 bits per heavy atom. The molecule has 0 spiro atoms. The highest BCUT2D eigenvalue weighted by atomic mass is 79.9. The molecule has 1 aliphatic rings. The summed E-state index contributed by atoms with van der Waals surface area (Å²) >= 11 is 4.67. The first-order valence-corrected chi connectivity index (χ1v) is 11.4. The van der Waals surface area contributed by atoms with Gasteiger partial charge in [-0.25, -0.2) is 18.7 Å². The van der Waals surface area contributed by atoms with Crippen LogP contribution in [0.3, 0.4) is 0 Å². The van der Waals surface area contributed by atoms with E-state index >= 15 is 0 Å². The van der Waals surface area contributed by atoms with Gasteiger partial charge in [0.2, 0.25) is 0 Å². The summed E-state index contributed by atoms with van der Waals surface area (Å²) in [6.07, 6.45) is 5.87. The molecule has 32 heavy (non-hydrogen) atoms. The predicted octanol–water partition coefficient (Wildman–Crippen LogP) is 6.37. The van der Waals surface area contributed by atoms with Crippen molar-refractivity contribution in [3.63, 3.8) is 0 Å². The Morgan fingerprint density at radius 1 is 1.16 bits per heavy atom. The summed E-state index contributed by atoms with van der Waals surface area (Å²) in [7, 11) is 0. The number of benzene rings is 2. The molecule has 0 N–H and O–H groups in total. The van der Waals surface area contributed by atoms with Gasteiger partial charge in [0.15, 0.2) is 10.8 Å².